The highest BCUT2D eigenvalue weighted by molar-refractivity contribution is 6.74. The van der Waals surface area contributed by atoms with Gasteiger partial charge in [-0.25, -0.2) is 4.39 Å². The molecule has 0 radical (unpaired) electrons. The van der Waals surface area contributed by atoms with Crippen molar-refractivity contribution in [2.24, 2.45) is 11.8 Å². The molecule has 1 N–H and O–H groups in total. The lowest BCUT2D eigenvalue weighted by Crippen LogP contribution is -2.45. The smallest absolute Gasteiger partial charge is 0.321 e. The zero-order valence-corrected chi connectivity index (χ0v) is 20.0. The first kappa shape index (κ1) is 24.0. The molecule has 1 heterocycles. The van der Waals surface area contributed by atoms with E-state index >= 15 is 0 Å². The Balaban J connectivity index is 2.28. The fraction of sp³-hybridized carbons (Fsp3) is 0.696. The average Bonchev–Trinajstić information content (AvgIpc) is 3.02. The van der Waals surface area contributed by atoms with Crippen LogP contribution in [0.15, 0.2) is 24.3 Å². The largest absolute Gasteiger partial charge is 0.480 e. The third kappa shape index (κ3) is 5.67. The van der Waals surface area contributed by atoms with Crippen molar-refractivity contribution < 1.29 is 18.7 Å². The molecule has 4 atom stereocenters. The van der Waals surface area contributed by atoms with Crippen molar-refractivity contribution in [3.05, 3.63) is 35.6 Å². The van der Waals surface area contributed by atoms with E-state index in [2.05, 4.69) is 38.8 Å². The van der Waals surface area contributed by atoms with E-state index in [9.17, 15) is 14.3 Å². The quantitative estimate of drug-likeness (QED) is 0.572. The van der Waals surface area contributed by atoms with Crippen molar-refractivity contribution in [2.75, 3.05) is 19.7 Å². The fourth-order valence-electron chi connectivity index (χ4n) is 3.93. The summed E-state index contributed by atoms with van der Waals surface area (Å²) in [5.74, 6) is -0.746. The molecule has 164 valence electrons. The molecule has 1 aliphatic rings. The molecule has 0 amide bonds. The Hall–Kier alpha value is -1.24. The predicted molar refractivity (Wildman–Crippen MR) is 118 cm³/mol. The fourth-order valence-corrected chi connectivity index (χ4v) is 4.99. The van der Waals surface area contributed by atoms with E-state index in [4.69, 9.17) is 4.43 Å². The van der Waals surface area contributed by atoms with Crippen LogP contribution in [0.3, 0.4) is 0 Å². The molecular weight excluding hydrogens is 385 g/mol. The summed E-state index contributed by atoms with van der Waals surface area (Å²) in [6, 6.07) is 6.22. The van der Waals surface area contributed by atoms with Crippen LogP contribution < -0.4 is 0 Å². The summed E-state index contributed by atoms with van der Waals surface area (Å²) >= 11 is 0. The number of benzene rings is 1. The maximum atomic E-state index is 13.9. The Bertz CT molecular complexity index is 704. The van der Waals surface area contributed by atoms with Crippen molar-refractivity contribution >= 4 is 14.3 Å². The Kier molecular flexibility index (Phi) is 7.68. The number of rotatable bonds is 8. The van der Waals surface area contributed by atoms with Crippen molar-refractivity contribution in [1.82, 2.24) is 4.90 Å². The SMILES string of the molecule is CC[C@@H](C)[C@H](C(=O)O)N1C[C@H](CO[Si](C)(C)C(C)(C)C)[C@@H](c2cccc(F)c2)C1. The van der Waals surface area contributed by atoms with Crippen molar-refractivity contribution in [3.8, 4) is 0 Å². The van der Waals surface area contributed by atoms with Gasteiger partial charge >= 0.3 is 5.97 Å². The topological polar surface area (TPSA) is 49.8 Å². The summed E-state index contributed by atoms with van der Waals surface area (Å²) in [4.78, 5) is 14.1. The Labute approximate surface area is 176 Å². The minimum absolute atomic E-state index is 0.0562. The molecule has 2 rings (SSSR count). The minimum Gasteiger partial charge on any atom is -0.480 e. The first-order chi connectivity index (χ1) is 13.4. The van der Waals surface area contributed by atoms with Crippen LogP contribution in [-0.4, -0.2) is 50.0 Å². The number of halogens is 1. The van der Waals surface area contributed by atoms with Gasteiger partial charge in [-0.2, -0.15) is 0 Å². The second-order valence-electron chi connectivity index (χ2n) is 10.1. The van der Waals surface area contributed by atoms with Gasteiger partial charge in [0, 0.05) is 31.5 Å². The van der Waals surface area contributed by atoms with Crippen LogP contribution in [0.1, 0.15) is 52.5 Å². The molecule has 1 aromatic rings. The third-order valence-electron chi connectivity index (χ3n) is 7.04. The van der Waals surface area contributed by atoms with Crippen LogP contribution in [0.5, 0.6) is 0 Å². The van der Waals surface area contributed by atoms with E-state index in [1.807, 2.05) is 19.9 Å². The van der Waals surface area contributed by atoms with Gasteiger partial charge in [-0.1, -0.05) is 53.2 Å². The Morgan fingerprint density at radius 1 is 1.34 bits per heavy atom. The molecular formula is C23H38FNO3Si. The highest BCUT2D eigenvalue weighted by Crippen LogP contribution is 2.40. The van der Waals surface area contributed by atoms with Crippen LogP contribution >= 0.6 is 0 Å². The standard InChI is InChI=1S/C23H38FNO3Si/c1-8-16(2)21(22(26)27)25-13-18(15-28-29(6,7)23(3,4)5)20(14-25)17-10-9-11-19(24)12-17/h9-12,16,18,20-21H,8,13-15H2,1-7H3,(H,26,27)/t16-,18-,20-,21-/m1/s1. The van der Waals surface area contributed by atoms with E-state index in [1.54, 1.807) is 12.1 Å². The van der Waals surface area contributed by atoms with Gasteiger partial charge in [0.1, 0.15) is 11.9 Å². The highest BCUT2D eigenvalue weighted by atomic mass is 28.4. The van der Waals surface area contributed by atoms with Gasteiger partial charge in [0.2, 0.25) is 0 Å². The third-order valence-corrected chi connectivity index (χ3v) is 11.5. The van der Waals surface area contributed by atoms with Gasteiger partial charge in [-0.15, -0.1) is 0 Å². The van der Waals surface area contributed by atoms with Gasteiger partial charge in [0.15, 0.2) is 8.32 Å². The maximum Gasteiger partial charge on any atom is 0.321 e. The lowest BCUT2D eigenvalue weighted by molar-refractivity contribution is -0.145. The van der Waals surface area contributed by atoms with Crippen LogP contribution in [0.2, 0.25) is 18.1 Å². The first-order valence-electron chi connectivity index (χ1n) is 10.7. The molecule has 29 heavy (non-hydrogen) atoms. The molecule has 1 saturated heterocycles. The van der Waals surface area contributed by atoms with E-state index in [1.165, 1.54) is 6.07 Å². The van der Waals surface area contributed by atoms with Crippen LogP contribution in [0.25, 0.3) is 0 Å². The molecule has 1 aliphatic heterocycles. The maximum absolute atomic E-state index is 13.9. The van der Waals surface area contributed by atoms with Gasteiger partial charge in [-0.05, 0) is 41.7 Å². The summed E-state index contributed by atoms with van der Waals surface area (Å²) in [6.45, 7) is 17.0. The predicted octanol–water partition coefficient (Wildman–Crippen LogP) is 5.36. The van der Waals surface area contributed by atoms with Gasteiger partial charge in [0.05, 0.1) is 0 Å². The number of aliphatic carboxylic acids is 1. The minimum atomic E-state index is -1.92. The molecule has 1 fully saturated rings. The molecule has 4 nitrogen and oxygen atoms in total. The van der Waals surface area contributed by atoms with Crippen molar-refractivity contribution in [1.29, 1.82) is 0 Å². The number of hydrogen-bond donors (Lipinski definition) is 1. The number of carboxylic acid groups (broad SMARTS) is 1. The van der Waals surface area contributed by atoms with Gasteiger partial charge < -0.3 is 9.53 Å². The second kappa shape index (κ2) is 9.27. The summed E-state index contributed by atoms with van der Waals surface area (Å²) in [6.07, 6.45) is 0.809. The van der Waals surface area contributed by atoms with E-state index in [0.717, 1.165) is 12.0 Å². The summed E-state index contributed by atoms with van der Waals surface area (Å²) in [5.41, 5.74) is 0.935. The summed E-state index contributed by atoms with van der Waals surface area (Å²) in [5, 5.41) is 9.97. The monoisotopic (exact) mass is 423 g/mol. The van der Waals surface area contributed by atoms with Crippen LogP contribution in [0.4, 0.5) is 4.39 Å². The highest BCUT2D eigenvalue weighted by Gasteiger charge is 2.43. The number of hydrogen-bond acceptors (Lipinski definition) is 3. The first-order valence-corrected chi connectivity index (χ1v) is 13.6. The molecule has 0 spiro atoms. The molecule has 1 aromatic carbocycles. The zero-order chi connectivity index (χ0) is 22.0. The van der Waals surface area contributed by atoms with Gasteiger partial charge in [-0.3, -0.25) is 9.69 Å². The van der Waals surface area contributed by atoms with Crippen molar-refractivity contribution in [2.45, 2.75) is 71.1 Å². The molecule has 0 unspecified atom stereocenters. The number of carboxylic acids is 1. The molecule has 0 saturated carbocycles. The van der Waals surface area contributed by atoms with Crippen LogP contribution in [-0.2, 0) is 9.22 Å². The van der Waals surface area contributed by atoms with E-state index < -0.39 is 20.3 Å². The molecule has 0 aliphatic carbocycles. The number of likely N-dealkylation sites (tertiary alicyclic amines) is 1. The lowest BCUT2D eigenvalue weighted by Gasteiger charge is -2.37. The average molecular weight is 424 g/mol. The molecule has 0 aromatic heterocycles. The normalized spacial score (nSPS) is 23.2. The molecule has 6 heteroatoms. The summed E-state index contributed by atoms with van der Waals surface area (Å²) < 4.78 is 20.4. The lowest BCUT2D eigenvalue weighted by atomic mass is 9.89. The van der Waals surface area contributed by atoms with E-state index in [-0.39, 0.29) is 28.6 Å². The van der Waals surface area contributed by atoms with Crippen molar-refractivity contribution in [3.63, 3.8) is 0 Å². The summed E-state index contributed by atoms with van der Waals surface area (Å²) in [7, 11) is -1.92. The molecule has 0 bridgehead atoms. The Morgan fingerprint density at radius 2 is 2.00 bits per heavy atom. The van der Waals surface area contributed by atoms with Crippen LogP contribution in [0, 0.1) is 17.7 Å². The Morgan fingerprint density at radius 3 is 2.52 bits per heavy atom. The second-order valence-corrected chi connectivity index (χ2v) is 14.9. The van der Waals surface area contributed by atoms with E-state index in [0.29, 0.717) is 19.7 Å². The van der Waals surface area contributed by atoms with Gasteiger partial charge in [0.25, 0.3) is 0 Å². The number of nitrogens with zero attached hydrogens (tertiary/aromatic N) is 1. The zero-order valence-electron chi connectivity index (χ0n) is 19.0. The number of carbonyl (C=O) groups is 1.